The number of carbonyl (C=O) groups excluding carboxylic acids is 1. The predicted molar refractivity (Wildman–Crippen MR) is 84.1 cm³/mol. The number of nitriles is 1. The zero-order valence-corrected chi connectivity index (χ0v) is 14.1. The maximum atomic E-state index is 13.5. The van der Waals surface area contributed by atoms with E-state index in [0.29, 0.717) is 5.56 Å². The number of esters is 1. The predicted octanol–water partition coefficient (Wildman–Crippen LogP) is 3.23. The van der Waals surface area contributed by atoms with E-state index >= 15 is 0 Å². The molecule has 0 saturated heterocycles. The SMILES string of the molecule is CCOC(=O)C1=C(C)OC(N)=C(C#N)C1c1ccc(F)c(Br)c1. The van der Waals surface area contributed by atoms with E-state index in [2.05, 4.69) is 15.9 Å². The van der Waals surface area contributed by atoms with E-state index in [9.17, 15) is 14.4 Å². The Balaban J connectivity index is 2.64. The number of hydrogen-bond acceptors (Lipinski definition) is 5. The molecule has 1 aliphatic rings. The first-order valence-electron chi connectivity index (χ1n) is 6.81. The number of nitrogens with two attached hydrogens (primary N) is 1. The lowest BCUT2D eigenvalue weighted by Gasteiger charge is -2.27. The molecule has 1 aromatic carbocycles. The molecule has 23 heavy (non-hydrogen) atoms. The first-order chi connectivity index (χ1) is 10.9. The minimum atomic E-state index is -0.773. The molecule has 7 heteroatoms. The molecule has 1 aliphatic heterocycles. The minimum absolute atomic E-state index is 0.0801. The number of ether oxygens (including phenoxy) is 2. The van der Waals surface area contributed by atoms with Crippen molar-refractivity contribution in [3.8, 4) is 6.07 Å². The van der Waals surface area contributed by atoms with Crippen LogP contribution in [0.25, 0.3) is 0 Å². The quantitative estimate of drug-likeness (QED) is 0.813. The molecule has 0 aromatic heterocycles. The number of allylic oxidation sites excluding steroid dienone is 2. The molecule has 0 fully saturated rings. The van der Waals surface area contributed by atoms with E-state index in [1.807, 2.05) is 6.07 Å². The van der Waals surface area contributed by atoms with Gasteiger partial charge in [0.1, 0.15) is 23.2 Å². The normalized spacial score (nSPS) is 17.6. The van der Waals surface area contributed by atoms with Crippen molar-refractivity contribution in [2.45, 2.75) is 19.8 Å². The maximum absolute atomic E-state index is 13.5. The van der Waals surface area contributed by atoms with Gasteiger partial charge in [0.25, 0.3) is 0 Å². The van der Waals surface area contributed by atoms with Gasteiger partial charge in [0, 0.05) is 0 Å². The van der Waals surface area contributed by atoms with Crippen LogP contribution >= 0.6 is 15.9 Å². The summed E-state index contributed by atoms with van der Waals surface area (Å²) in [6, 6.07) is 6.21. The smallest absolute Gasteiger partial charge is 0.338 e. The molecule has 0 saturated carbocycles. The Kier molecular flexibility index (Phi) is 5.06. The number of nitrogens with zero attached hydrogens (tertiary/aromatic N) is 1. The number of benzene rings is 1. The summed E-state index contributed by atoms with van der Waals surface area (Å²) in [5.41, 5.74) is 6.56. The van der Waals surface area contributed by atoms with Crippen LogP contribution in [0.2, 0.25) is 0 Å². The summed E-state index contributed by atoms with van der Waals surface area (Å²) in [5, 5.41) is 9.40. The van der Waals surface area contributed by atoms with Gasteiger partial charge >= 0.3 is 5.97 Å². The van der Waals surface area contributed by atoms with Crippen LogP contribution in [-0.4, -0.2) is 12.6 Å². The molecular formula is C16H14BrFN2O3. The second kappa shape index (κ2) is 6.84. The Morgan fingerprint density at radius 1 is 1.57 bits per heavy atom. The summed E-state index contributed by atoms with van der Waals surface area (Å²) >= 11 is 3.10. The van der Waals surface area contributed by atoms with Crippen LogP contribution in [0.3, 0.4) is 0 Å². The Hall–Kier alpha value is -2.33. The van der Waals surface area contributed by atoms with E-state index in [1.165, 1.54) is 18.2 Å². The topological polar surface area (TPSA) is 85.3 Å². The zero-order chi connectivity index (χ0) is 17.1. The van der Waals surface area contributed by atoms with Crippen molar-refractivity contribution >= 4 is 21.9 Å². The molecule has 0 spiro atoms. The van der Waals surface area contributed by atoms with Gasteiger partial charge < -0.3 is 15.2 Å². The van der Waals surface area contributed by atoms with Crippen molar-refractivity contribution in [2.24, 2.45) is 5.73 Å². The lowest BCUT2D eigenvalue weighted by Crippen LogP contribution is -2.25. The van der Waals surface area contributed by atoms with Crippen LogP contribution < -0.4 is 5.73 Å². The summed E-state index contributed by atoms with van der Waals surface area (Å²) < 4.78 is 24.1. The van der Waals surface area contributed by atoms with Gasteiger partial charge in [-0.05, 0) is 47.5 Å². The molecule has 0 amide bonds. The van der Waals surface area contributed by atoms with Gasteiger partial charge in [-0.2, -0.15) is 5.26 Å². The Bertz CT molecular complexity index is 765. The first kappa shape index (κ1) is 17.0. The molecule has 0 aliphatic carbocycles. The van der Waals surface area contributed by atoms with Crippen molar-refractivity contribution in [1.29, 1.82) is 5.26 Å². The molecular weight excluding hydrogens is 367 g/mol. The summed E-state index contributed by atoms with van der Waals surface area (Å²) in [7, 11) is 0. The average molecular weight is 381 g/mol. The van der Waals surface area contributed by atoms with Crippen molar-refractivity contribution in [1.82, 2.24) is 0 Å². The fourth-order valence-electron chi connectivity index (χ4n) is 2.38. The number of carbonyl (C=O) groups is 1. The molecule has 2 N–H and O–H groups in total. The highest BCUT2D eigenvalue weighted by atomic mass is 79.9. The van der Waals surface area contributed by atoms with Gasteiger partial charge in [0.15, 0.2) is 0 Å². The van der Waals surface area contributed by atoms with E-state index < -0.39 is 17.7 Å². The third kappa shape index (κ3) is 3.22. The summed E-state index contributed by atoms with van der Waals surface area (Å²) in [6.45, 7) is 3.42. The van der Waals surface area contributed by atoms with E-state index in [1.54, 1.807) is 13.8 Å². The molecule has 2 rings (SSSR count). The minimum Gasteiger partial charge on any atom is -0.463 e. The van der Waals surface area contributed by atoms with Crippen molar-refractivity contribution in [2.75, 3.05) is 6.61 Å². The zero-order valence-electron chi connectivity index (χ0n) is 12.5. The molecule has 0 radical (unpaired) electrons. The number of halogens is 2. The molecule has 120 valence electrons. The van der Waals surface area contributed by atoms with E-state index in [0.717, 1.165) is 0 Å². The molecule has 1 atom stereocenters. The lowest BCUT2D eigenvalue weighted by atomic mass is 9.83. The fourth-order valence-corrected chi connectivity index (χ4v) is 2.78. The van der Waals surface area contributed by atoms with Crippen LogP contribution in [0.15, 0.2) is 45.5 Å². The summed E-state index contributed by atoms with van der Waals surface area (Å²) in [4.78, 5) is 12.3. The van der Waals surface area contributed by atoms with Crippen molar-refractivity contribution in [3.63, 3.8) is 0 Å². The summed E-state index contributed by atoms with van der Waals surface area (Å²) in [5.74, 6) is -1.65. The van der Waals surface area contributed by atoms with Crippen molar-refractivity contribution in [3.05, 3.63) is 56.8 Å². The van der Waals surface area contributed by atoms with Crippen molar-refractivity contribution < 1.29 is 18.7 Å². The van der Waals surface area contributed by atoms with Gasteiger partial charge in [-0.25, -0.2) is 9.18 Å². The van der Waals surface area contributed by atoms with E-state index in [4.69, 9.17) is 15.2 Å². The number of rotatable bonds is 3. The van der Waals surface area contributed by atoms with Crippen LogP contribution in [-0.2, 0) is 14.3 Å². The van der Waals surface area contributed by atoms with Gasteiger partial charge in [-0.1, -0.05) is 6.07 Å². The average Bonchev–Trinajstić information content (AvgIpc) is 2.49. The van der Waals surface area contributed by atoms with Crippen LogP contribution in [0, 0.1) is 17.1 Å². The second-order valence-electron chi connectivity index (χ2n) is 4.79. The Morgan fingerprint density at radius 2 is 2.26 bits per heavy atom. The van der Waals surface area contributed by atoms with Gasteiger partial charge in [0.2, 0.25) is 5.88 Å². The Labute approximate surface area is 141 Å². The van der Waals surface area contributed by atoms with E-state index in [-0.39, 0.29) is 33.9 Å². The summed E-state index contributed by atoms with van der Waals surface area (Å²) in [6.07, 6.45) is 0. The highest BCUT2D eigenvalue weighted by Crippen LogP contribution is 2.40. The number of hydrogen-bond donors (Lipinski definition) is 1. The lowest BCUT2D eigenvalue weighted by molar-refractivity contribution is -0.139. The third-order valence-electron chi connectivity index (χ3n) is 3.38. The van der Waals surface area contributed by atoms with Crippen LogP contribution in [0.5, 0.6) is 0 Å². The molecule has 0 bridgehead atoms. The molecule has 1 unspecified atom stereocenters. The fraction of sp³-hybridized carbons (Fsp3) is 0.250. The third-order valence-corrected chi connectivity index (χ3v) is 3.99. The first-order valence-corrected chi connectivity index (χ1v) is 7.60. The van der Waals surface area contributed by atoms with Crippen LogP contribution in [0.4, 0.5) is 4.39 Å². The Morgan fingerprint density at radius 3 is 2.83 bits per heavy atom. The molecule has 5 nitrogen and oxygen atoms in total. The maximum Gasteiger partial charge on any atom is 0.338 e. The highest BCUT2D eigenvalue weighted by Gasteiger charge is 2.36. The standard InChI is InChI=1S/C16H14BrFN2O3/c1-3-22-16(21)13-8(2)23-15(20)10(7-19)14(13)9-4-5-12(18)11(17)6-9/h4-6,14H,3,20H2,1-2H3. The van der Waals surface area contributed by atoms with Gasteiger partial charge in [-0.3, -0.25) is 0 Å². The van der Waals surface area contributed by atoms with Crippen LogP contribution in [0.1, 0.15) is 25.3 Å². The van der Waals surface area contributed by atoms with Gasteiger partial charge in [-0.15, -0.1) is 0 Å². The van der Waals surface area contributed by atoms with Gasteiger partial charge in [0.05, 0.1) is 22.6 Å². The monoisotopic (exact) mass is 380 g/mol. The molecule has 1 aromatic rings. The largest absolute Gasteiger partial charge is 0.463 e. The second-order valence-corrected chi connectivity index (χ2v) is 5.64. The highest BCUT2D eigenvalue weighted by molar-refractivity contribution is 9.10. The molecule has 1 heterocycles.